The number of benzene rings is 1. The maximum atomic E-state index is 12.1. The zero-order valence-electron chi connectivity index (χ0n) is 11.4. The SMILES string of the molecule is Cc1cccc(C(=O)/C=C/c2csc(-c3ccsc3)n2)c1. The van der Waals surface area contributed by atoms with Crippen LogP contribution in [0, 0.1) is 6.92 Å². The number of rotatable bonds is 4. The zero-order chi connectivity index (χ0) is 14.7. The molecule has 0 bridgehead atoms. The van der Waals surface area contributed by atoms with Crippen molar-refractivity contribution in [3.05, 3.63) is 69.4 Å². The van der Waals surface area contributed by atoms with E-state index >= 15 is 0 Å². The standard InChI is InChI=1S/C17H13NOS2/c1-12-3-2-4-13(9-12)16(19)6-5-15-11-21-17(18-15)14-7-8-20-10-14/h2-11H,1H3/b6-5+. The summed E-state index contributed by atoms with van der Waals surface area (Å²) in [7, 11) is 0. The summed E-state index contributed by atoms with van der Waals surface area (Å²) in [5, 5.41) is 7.06. The van der Waals surface area contributed by atoms with Gasteiger partial charge in [-0.25, -0.2) is 4.98 Å². The van der Waals surface area contributed by atoms with Gasteiger partial charge in [0.1, 0.15) is 5.01 Å². The first-order valence-corrected chi connectivity index (χ1v) is 8.32. The Kier molecular flexibility index (Phi) is 4.08. The maximum absolute atomic E-state index is 12.1. The number of nitrogens with zero attached hydrogens (tertiary/aromatic N) is 1. The number of thiazole rings is 1. The molecule has 4 heteroatoms. The van der Waals surface area contributed by atoms with Gasteiger partial charge in [0.15, 0.2) is 5.78 Å². The second kappa shape index (κ2) is 6.16. The Morgan fingerprint density at radius 1 is 1.24 bits per heavy atom. The average molecular weight is 311 g/mol. The summed E-state index contributed by atoms with van der Waals surface area (Å²) in [6.45, 7) is 1.98. The molecule has 2 heterocycles. The minimum absolute atomic E-state index is 0.00350. The molecule has 0 aliphatic rings. The normalized spacial score (nSPS) is 11.1. The minimum Gasteiger partial charge on any atom is -0.289 e. The van der Waals surface area contributed by atoms with E-state index in [0.29, 0.717) is 5.56 Å². The lowest BCUT2D eigenvalue weighted by Gasteiger charge is -1.96. The van der Waals surface area contributed by atoms with Crippen LogP contribution in [0.1, 0.15) is 21.6 Å². The van der Waals surface area contributed by atoms with Crippen LogP contribution in [-0.4, -0.2) is 10.8 Å². The van der Waals surface area contributed by atoms with Crippen molar-refractivity contribution in [3.8, 4) is 10.6 Å². The van der Waals surface area contributed by atoms with E-state index in [-0.39, 0.29) is 5.78 Å². The lowest BCUT2D eigenvalue weighted by Crippen LogP contribution is -1.94. The number of allylic oxidation sites excluding steroid dienone is 1. The molecule has 0 N–H and O–H groups in total. The second-order valence-corrected chi connectivity index (χ2v) is 6.29. The fourth-order valence-electron chi connectivity index (χ4n) is 1.94. The van der Waals surface area contributed by atoms with Gasteiger partial charge in [0.05, 0.1) is 5.69 Å². The Balaban J connectivity index is 1.76. The van der Waals surface area contributed by atoms with E-state index in [2.05, 4.69) is 16.4 Å². The molecule has 3 aromatic rings. The van der Waals surface area contributed by atoms with Gasteiger partial charge in [0.25, 0.3) is 0 Å². The van der Waals surface area contributed by atoms with Gasteiger partial charge in [-0.05, 0) is 36.6 Å². The molecule has 2 nitrogen and oxygen atoms in total. The number of carbonyl (C=O) groups is 1. The topological polar surface area (TPSA) is 30.0 Å². The van der Waals surface area contributed by atoms with Crippen LogP contribution >= 0.6 is 22.7 Å². The van der Waals surface area contributed by atoms with Crippen molar-refractivity contribution in [1.29, 1.82) is 0 Å². The molecule has 0 aliphatic heterocycles. The minimum atomic E-state index is 0.00350. The largest absolute Gasteiger partial charge is 0.289 e. The molecule has 0 saturated carbocycles. The first kappa shape index (κ1) is 13.9. The van der Waals surface area contributed by atoms with Gasteiger partial charge < -0.3 is 0 Å². The lowest BCUT2D eigenvalue weighted by molar-refractivity contribution is 0.104. The van der Waals surface area contributed by atoms with Crippen LogP contribution in [0.3, 0.4) is 0 Å². The molecule has 0 spiro atoms. The molecule has 1 aromatic carbocycles. The number of ketones is 1. The molecule has 0 unspecified atom stereocenters. The van der Waals surface area contributed by atoms with Gasteiger partial charge in [-0.3, -0.25) is 4.79 Å². The third-order valence-electron chi connectivity index (χ3n) is 3.00. The van der Waals surface area contributed by atoms with E-state index in [1.165, 1.54) is 0 Å². The number of aryl methyl sites for hydroxylation is 1. The molecule has 21 heavy (non-hydrogen) atoms. The highest BCUT2D eigenvalue weighted by atomic mass is 32.1. The van der Waals surface area contributed by atoms with Gasteiger partial charge in [-0.15, -0.1) is 11.3 Å². The first-order valence-electron chi connectivity index (χ1n) is 6.49. The number of hydrogen-bond acceptors (Lipinski definition) is 4. The molecular formula is C17H13NOS2. The van der Waals surface area contributed by atoms with E-state index in [9.17, 15) is 4.79 Å². The van der Waals surface area contributed by atoms with Crippen molar-refractivity contribution >= 4 is 34.5 Å². The summed E-state index contributed by atoms with van der Waals surface area (Å²) in [4.78, 5) is 16.6. The van der Waals surface area contributed by atoms with Crippen LogP contribution in [0.25, 0.3) is 16.6 Å². The number of hydrogen-bond donors (Lipinski definition) is 0. The third kappa shape index (κ3) is 3.35. The van der Waals surface area contributed by atoms with Crippen molar-refractivity contribution in [3.63, 3.8) is 0 Å². The summed E-state index contributed by atoms with van der Waals surface area (Å²) in [6.07, 6.45) is 3.36. The molecular weight excluding hydrogens is 298 g/mol. The average Bonchev–Trinajstić information content (AvgIpc) is 3.15. The molecule has 0 amide bonds. The summed E-state index contributed by atoms with van der Waals surface area (Å²) in [6, 6.07) is 9.65. The van der Waals surface area contributed by atoms with Crippen LogP contribution < -0.4 is 0 Å². The fraction of sp³-hybridized carbons (Fsp3) is 0.0588. The molecule has 0 radical (unpaired) electrons. The van der Waals surface area contributed by atoms with Crippen molar-refractivity contribution in [1.82, 2.24) is 4.98 Å². The van der Waals surface area contributed by atoms with Gasteiger partial charge in [0.2, 0.25) is 0 Å². The molecule has 0 fully saturated rings. The molecule has 0 atom stereocenters. The van der Waals surface area contributed by atoms with Gasteiger partial charge in [0, 0.05) is 21.9 Å². The van der Waals surface area contributed by atoms with E-state index < -0.39 is 0 Å². The summed E-state index contributed by atoms with van der Waals surface area (Å²) in [5.41, 5.74) is 3.75. The van der Waals surface area contributed by atoms with E-state index in [0.717, 1.165) is 21.8 Å². The number of carbonyl (C=O) groups excluding carboxylic acids is 1. The lowest BCUT2D eigenvalue weighted by atomic mass is 10.1. The zero-order valence-corrected chi connectivity index (χ0v) is 13.1. The molecule has 0 saturated heterocycles. The maximum Gasteiger partial charge on any atom is 0.185 e. The first-order chi connectivity index (χ1) is 10.2. The quantitative estimate of drug-likeness (QED) is 0.497. The van der Waals surface area contributed by atoms with Gasteiger partial charge >= 0.3 is 0 Å². The second-order valence-electron chi connectivity index (χ2n) is 4.66. The Hall–Kier alpha value is -2.04. The Bertz CT molecular complexity index is 785. The predicted molar refractivity (Wildman–Crippen MR) is 90.0 cm³/mol. The summed E-state index contributed by atoms with van der Waals surface area (Å²) >= 11 is 3.25. The van der Waals surface area contributed by atoms with E-state index in [1.807, 2.05) is 41.9 Å². The monoisotopic (exact) mass is 311 g/mol. The van der Waals surface area contributed by atoms with Crippen LogP contribution in [0.5, 0.6) is 0 Å². The summed E-state index contributed by atoms with van der Waals surface area (Å²) < 4.78 is 0. The fourth-order valence-corrected chi connectivity index (χ4v) is 3.44. The smallest absolute Gasteiger partial charge is 0.185 e. The molecule has 3 rings (SSSR count). The van der Waals surface area contributed by atoms with E-state index in [4.69, 9.17) is 0 Å². The van der Waals surface area contributed by atoms with E-state index in [1.54, 1.807) is 34.8 Å². The van der Waals surface area contributed by atoms with Crippen LogP contribution in [0.4, 0.5) is 0 Å². The highest BCUT2D eigenvalue weighted by Crippen LogP contribution is 2.26. The van der Waals surface area contributed by atoms with Crippen LogP contribution in [0.15, 0.2) is 52.5 Å². The third-order valence-corrected chi connectivity index (χ3v) is 4.59. The van der Waals surface area contributed by atoms with Crippen LogP contribution in [0.2, 0.25) is 0 Å². The molecule has 0 aliphatic carbocycles. The van der Waals surface area contributed by atoms with Gasteiger partial charge in [-0.2, -0.15) is 11.3 Å². The number of aromatic nitrogens is 1. The highest BCUT2D eigenvalue weighted by molar-refractivity contribution is 7.14. The van der Waals surface area contributed by atoms with Crippen molar-refractivity contribution in [2.24, 2.45) is 0 Å². The van der Waals surface area contributed by atoms with Crippen molar-refractivity contribution in [2.45, 2.75) is 6.92 Å². The van der Waals surface area contributed by atoms with Crippen molar-refractivity contribution < 1.29 is 4.79 Å². The molecule has 104 valence electrons. The predicted octanol–water partition coefficient (Wildman–Crippen LogP) is 5.08. The summed E-state index contributed by atoms with van der Waals surface area (Å²) in [5.74, 6) is 0.00350. The van der Waals surface area contributed by atoms with Gasteiger partial charge in [-0.1, -0.05) is 23.8 Å². The highest BCUT2D eigenvalue weighted by Gasteiger charge is 2.05. The Morgan fingerprint density at radius 3 is 2.90 bits per heavy atom. The Morgan fingerprint density at radius 2 is 2.14 bits per heavy atom. The van der Waals surface area contributed by atoms with Crippen LogP contribution in [-0.2, 0) is 0 Å². The Labute approximate surface area is 131 Å². The number of thiophene rings is 1. The molecule has 2 aromatic heterocycles. The van der Waals surface area contributed by atoms with Crippen molar-refractivity contribution in [2.75, 3.05) is 0 Å².